The van der Waals surface area contributed by atoms with Gasteiger partial charge in [-0.3, -0.25) is 14.4 Å². The highest BCUT2D eigenvalue weighted by Crippen LogP contribution is 2.54. The summed E-state index contributed by atoms with van der Waals surface area (Å²) in [5.41, 5.74) is -2.06. The Bertz CT molecular complexity index is 788. The van der Waals surface area contributed by atoms with Gasteiger partial charge in [0.15, 0.2) is 12.4 Å². The van der Waals surface area contributed by atoms with Gasteiger partial charge in [0.05, 0.1) is 5.02 Å². The molecule has 0 spiro atoms. The normalized spacial score (nSPS) is 29.4. The van der Waals surface area contributed by atoms with Gasteiger partial charge in [0.2, 0.25) is 0 Å². The van der Waals surface area contributed by atoms with Crippen LogP contribution in [-0.4, -0.2) is 34.9 Å². The van der Waals surface area contributed by atoms with Gasteiger partial charge in [-0.1, -0.05) is 18.5 Å². The number of ketones is 1. The van der Waals surface area contributed by atoms with Gasteiger partial charge < -0.3 is 15.2 Å². The Kier molecular flexibility index (Phi) is 5.16. The molecule has 0 heterocycles. The van der Waals surface area contributed by atoms with E-state index in [1.54, 1.807) is 0 Å². The van der Waals surface area contributed by atoms with Gasteiger partial charge in [-0.25, -0.2) is 4.39 Å². The Balaban J connectivity index is 1.69. The molecule has 3 aliphatic carbocycles. The maximum atomic E-state index is 13.4. The smallest absolute Gasteiger partial charge is 0.317 e. The van der Waals surface area contributed by atoms with Crippen molar-refractivity contribution < 1.29 is 28.6 Å². The number of amides is 1. The van der Waals surface area contributed by atoms with Crippen LogP contribution in [0.2, 0.25) is 5.02 Å². The van der Waals surface area contributed by atoms with Crippen LogP contribution in [0.5, 0.6) is 5.75 Å². The van der Waals surface area contributed by atoms with Crippen molar-refractivity contribution in [2.75, 3.05) is 6.61 Å². The number of fused-ring (bicyclic) bond motifs is 3. The minimum Gasteiger partial charge on any atom is -0.484 e. The first-order chi connectivity index (χ1) is 12.7. The van der Waals surface area contributed by atoms with Gasteiger partial charge in [-0.05, 0) is 44.2 Å². The molecule has 0 radical (unpaired) electrons. The molecule has 2 bridgehead atoms. The number of benzene rings is 1. The van der Waals surface area contributed by atoms with Crippen molar-refractivity contribution in [1.29, 1.82) is 0 Å². The third kappa shape index (κ3) is 3.29. The number of aliphatic carboxylic acids is 1. The van der Waals surface area contributed by atoms with Crippen LogP contribution in [0.4, 0.5) is 4.39 Å². The summed E-state index contributed by atoms with van der Waals surface area (Å²) in [5.74, 6) is -2.80. The van der Waals surface area contributed by atoms with E-state index in [9.17, 15) is 23.9 Å². The zero-order chi connectivity index (χ0) is 19.8. The van der Waals surface area contributed by atoms with E-state index in [0.29, 0.717) is 19.3 Å². The molecule has 2 N–H and O–H groups in total. The SMILES string of the molecule is CCC1C(=O)C2(C(=O)O)CCC1(NC(=O)COc1ccc(Cl)c(F)c1)CC2. The first-order valence-corrected chi connectivity index (χ1v) is 9.28. The van der Waals surface area contributed by atoms with Gasteiger partial charge in [0, 0.05) is 17.5 Å². The van der Waals surface area contributed by atoms with E-state index in [0.717, 1.165) is 6.07 Å². The topological polar surface area (TPSA) is 92.7 Å². The van der Waals surface area contributed by atoms with Crippen LogP contribution >= 0.6 is 11.6 Å². The molecule has 1 amide bonds. The second-order valence-electron chi connectivity index (χ2n) is 7.28. The van der Waals surface area contributed by atoms with E-state index >= 15 is 0 Å². The lowest BCUT2D eigenvalue weighted by Crippen LogP contribution is -2.68. The number of carboxylic acid groups (broad SMARTS) is 1. The van der Waals surface area contributed by atoms with Crippen molar-refractivity contribution in [1.82, 2.24) is 5.32 Å². The van der Waals surface area contributed by atoms with Gasteiger partial charge in [-0.2, -0.15) is 0 Å². The summed E-state index contributed by atoms with van der Waals surface area (Å²) in [5, 5.41) is 12.4. The van der Waals surface area contributed by atoms with Crippen molar-refractivity contribution in [3.8, 4) is 5.75 Å². The average Bonchev–Trinajstić information content (AvgIpc) is 2.63. The first-order valence-electron chi connectivity index (χ1n) is 8.91. The number of carboxylic acids is 1. The number of carbonyl (C=O) groups excluding carboxylic acids is 2. The Labute approximate surface area is 161 Å². The number of nitrogens with one attached hydrogen (secondary N) is 1. The standard InChI is InChI=1S/C19H21ClFNO5/c1-2-12-16(24)18(17(25)26)5-7-19(12,8-6-18)22-15(23)10-27-11-3-4-13(20)14(21)9-11/h3-4,9,12H,2,5-8,10H2,1H3,(H,22,23)(H,25,26). The molecule has 1 aromatic carbocycles. The van der Waals surface area contributed by atoms with Crippen molar-refractivity contribution in [3.05, 3.63) is 29.0 Å². The number of carbonyl (C=O) groups is 3. The lowest BCUT2D eigenvalue weighted by atomic mass is 9.51. The van der Waals surface area contributed by atoms with Crippen LogP contribution in [0.1, 0.15) is 39.0 Å². The summed E-state index contributed by atoms with van der Waals surface area (Å²) in [4.78, 5) is 36.9. The Morgan fingerprint density at radius 3 is 2.56 bits per heavy atom. The van der Waals surface area contributed by atoms with Crippen LogP contribution in [0.15, 0.2) is 18.2 Å². The van der Waals surface area contributed by atoms with Crippen LogP contribution in [0, 0.1) is 17.2 Å². The van der Waals surface area contributed by atoms with Gasteiger partial charge in [0.25, 0.3) is 5.91 Å². The van der Waals surface area contributed by atoms with E-state index in [1.807, 2.05) is 6.92 Å². The minimum absolute atomic E-state index is 0.0404. The molecule has 4 rings (SSSR count). The van der Waals surface area contributed by atoms with E-state index in [-0.39, 0.29) is 36.0 Å². The number of hydrogen-bond donors (Lipinski definition) is 2. The maximum Gasteiger partial charge on any atom is 0.317 e. The highest BCUT2D eigenvalue weighted by molar-refractivity contribution is 6.30. The second kappa shape index (κ2) is 7.11. The fourth-order valence-corrected chi connectivity index (χ4v) is 4.56. The molecule has 3 saturated carbocycles. The molecule has 1 unspecified atom stereocenters. The van der Waals surface area contributed by atoms with Crippen LogP contribution in [0.25, 0.3) is 0 Å². The predicted octanol–water partition coefficient (Wildman–Crippen LogP) is 2.97. The average molecular weight is 398 g/mol. The summed E-state index contributed by atoms with van der Waals surface area (Å²) >= 11 is 5.61. The van der Waals surface area contributed by atoms with Crippen LogP contribution < -0.4 is 10.1 Å². The zero-order valence-corrected chi connectivity index (χ0v) is 15.6. The highest BCUT2D eigenvalue weighted by atomic mass is 35.5. The molecule has 6 nitrogen and oxygen atoms in total. The number of ether oxygens (including phenoxy) is 1. The monoisotopic (exact) mass is 397 g/mol. The zero-order valence-electron chi connectivity index (χ0n) is 14.9. The number of rotatable bonds is 6. The molecule has 27 heavy (non-hydrogen) atoms. The summed E-state index contributed by atoms with van der Waals surface area (Å²) in [6.45, 7) is 1.48. The molecule has 1 aromatic rings. The highest BCUT2D eigenvalue weighted by Gasteiger charge is 2.63. The minimum atomic E-state index is -1.31. The van der Waals surface area contributed by atoms with E-state index in [2.05, 4.69) is 5.32 Å². The second-order valence-corrected chi connectivity index (χ2v) is 7.69. The molecule has 0 aromatic heterocycles. The number of hydrogen-bond acceptors (Lipinski definition) is 4. The van der Waals surface area contributed by atoms with E-state index in [4.69, 9.17) is 16.3 Å². The summed E-state index contributed by atoms with van der Waals surface area (Å²) in [6, 6.07) is 3.88. The van der Waals surface area contributed by atoms with Crippen molar-refractivity contribution >= 4 is 29.3 Å². The quantitative estimate of drug-likeness (QED) is 0.720. The molecule has 0 aliphatic heterocycles. The number of halogens is 2. The van der Waals surface area contributed by atoms with Gasteiger partial charge >= 0.3 is 5.97 Å². The maximum absolute atomic E-state index is 13.4. The van der Waals surface area contributed by atoms with Crippen LogP contribution in [0.3, 0.4) is 0 Å². The molecular formula is C19H21ClFNO5. The van der Waals surface area contributed by atoms with Gasteiger partial charge in [-0.15, -0.1) is 0 Å². The van der Waals surface area contributed by atoms with E-state index < -0.39 is 34.6 Å². The Morgan fingerprint density at radius 2 is 2.00 bits per heavy atom. The molecule has 3 fully saturated rings. The summed E-state index contributed by atoms with van der Waals surface area (Å²) in [6.07, 6.45) is 1.77. The fraction of sp³-hybridized carbons (Fsp3) is 0.526. The van der Waals surface area contributed by atoms with Gasteiger partial charge in [0.1, 0.15) is 17.0 Å². The fourth-order valence-electron chi connectivity index (χ4n) is 4.44. The first kappa shape index (κ1) is 19.6. The largest absolute Gasteiger partial charge is 0.484 e. The lowest BCUT2D eigenvalue weighted by Gasteiger charge is -2.54. The molecule has 3 aliphatic rings. The third-order valence-electron chi connectivity index (χ3n) is 5.92. The van der Waals surface area contributed by atoms with E-state index in [1.165, 1.54) is 12.1 Å². The Morgan fingerprint density at radius 1 is 1.33 bits per heavy atom. The lowest BCUT2D eigenvalue weighted by molar-refractivity contribution is -0.169. The number of Topliss-reactive ketones (excluding diaryl/α,β-unsaturated/α-hetero) is 1. The van der Waals surface area contributed by atoms with Crippen molar-refractivity contribution in [2.24, 2.45) is 11.3 Å². The molecular weight excluding hydrogens is 377 g/mol. The van der Waals surface area contributed by atoms with Crippen LogP contribution in [-0.2, 0) is 14.4 Å². The molecule has 0 saturated heterocycles. The molecule has 8 heteroatoms. The third-order valence-corrected chi connectivity index (χ3v) is 6.22. The molecule has 1 atom stereocenters. The van der Waals surface area contributed by atoms with Crippen molar-refractivity contribution in [3.63, 3.8) is 0 Å². The predicted molar refractivity (Wildman–Crippen MR) is 95.1 cm³/mol. The molecule has 146 valence electrons. The summed E-state index contributed by atoms with van der Waals surface area (Å²) < 4.78 is 18.8. The Hall–Kier alpha value is -2.15. The van der Waals surface area contributed by atoms with Crippen molar-refractivity contribution in [2.45, 2.75) is 44.6 Å². The summed E-state index contributed by atoms with van der Waals surface area (Å²) in [7, 11) is 0.